The van der Waals surface area contributed by atoms with Crippen molar-refractivity contribution in [3.8, 4) is 11.5 Å². The predicted octanol–water partition coefficient (Wildman–Crippen LogP) is 2.79. The summed E-state index contributed by atoms with van der Waals surface area (Å²) in [5.74, 6) is 1.30. The number of carbonyl (C=O) groups is 1. The number of hydrogen-bond donors (Lipinski definition) is 2. The lowest BCUT2D eigenvalue weighted by molar-refractivity contribution is -0.117. The van der Waals surface area contributed by atoms with Crippen LogP contribution in [0, 0.1) is 0 Å². The van der Waals surface area contributed by atoms with Crippen molar-refractivity contribution < 1.29 is 14.3 Å². The molecule has 114 valence electrons. The van der Waals surface area contributed by atoms with Crippen LogP contribution >= 0.6 is 0 Å². The molecule has 2 aromatic carbocycles. The van der Waals surface area contributed by atoms with E-state index in [4.69, 9.17) is 15.2 Å². The summed E-state index contributed by atoms with van der Waals surface area (Å²) in [5.41, 5.74) is 8.47. The van der Waals surface area contributed by atoms with Gasteiger partial charge in [-0.2, -0.15) is 0 Å². The van der Waals surface area contributed by atoms with Gasteiger partial charge in [-0.15, -0.1) is 0 Å². The van der Waals surface area contributed by atoms with Crippen molar-refractivity contribution >= 4 is 11.6 Å². The molecule has 2 aromatic rings. The second-order valence-electron chi connectivity index (χ2n) is 5.29. The Balaban J connectivity index is 1.72. The summed E-state index contributed by atoms with van der Waals surface area (Å²) in [4.78, 5) is 11.5. The Bertz CT molecular complexity index is 681. The van der Waals surface area contributed by atoms with Gasteiger partial charge >= 0.3 is 0 Å². The van der Waals surface area contributed by atoms with Crippen molar-refractivity contribution in [1.29, 1.82) is 0 Å². The normalized spacial score (nSPS) is 14.3. The minimum absolute atomic E-state index is 0.216. The van der Waals surface area contributed by atoms with Gasteiger partial charge in [-0.1, -0.05) is 12.1 Å². The summed E-state index contributed by atoms with van der Waals surface area (Å²) in [7, 11) is 0. The Morgan fingerprint density at radius 2 is 2.00 bits per heavy atom. The molecule has 1 atom stereocenters. The standard InChI is InChI=1S/C17H18N2O3/c1-11(18)17(20)19-13-5-7-14(8-6-13)22-16-4-2-3-12-9-21-10-15(12)16/h2-8,11H,9-10,18H2,1H3,(H,19,20)/t11-/m1/s1. The van der Waals surface area contributed by atoms with Crippen molar-refractivity contribution in [2.24, 2.45) is 5.73 Å². The number of carbonyl (C=O) groups excluding carboxylic acids is 1. The third-order valence-corrected chi connectivity index (χ3v) is 3.50. The highest BCUT2D eigenvalue weighted by Crippen LogP contribution is 2.32. The van der Waals surface area contributed by atoms with Gasteiger partial charge in [0.05, 0.1) is 19.3 Å². The largest absolute Gasteiger partial charge is 0.457 e. The van der Waals surface area contributed by atoms with Crippen LogP contribution in [-0.4, -0.2) is 11.9 Å². The van der Waals surface area contributed by atoms with Crippen molar-refractivity contribution in [2.75, 3.05) is 5.32 Å². The van der Waals surface area contributed by atoms with Gasteiger partial charge in [0, 0.05) is 11.3 Å². The van der Waals surface area contributed by atoms with E-state index >= 15 is 0 Å². The lowest BCUT2D eigenvalue weighted by Gasteiger charge is -2.11. The van der Waals surface area contributed by atoms with Crippen molar-refractivity contribution in [2.45, 2.75) is 26.2 Å². The fraction of sp³-hybridized carbons (Fsp3) is 0.235. The lowest BCUT2D eigenvalue weighted by Crippen LogP contribution is -2.32. The summed E-state index contributed by atoms with van der Waals surface area (Å²) >= 11 is 0. The SMILES string of the molecule is C[C@@H](N)C(=O)Nc1ccc(Oc2cccc3c2COC3)cc1. The molecule has 0 unspecified atom stereocenters. The first kappa shape index (κ1) is 14.6. The number of anilines is 1. The van der Waals surface area contributed by atoms with Crippen LogP contribution in [0.1, 0.15) is 18.1 Å². The molecule has 3 rings (SSSR count). The first-order valence-electron chi connectivity index (χ1n) is 7.16. The Hall–Kier alpha value is -2.37. The van der Waals surface area contributed by atoms with Gasteiger partial charge in [0.1, 0.15) is 11.5 Å². The van der Waals surface area contributed by atoms with E-state index in [0.29, 0.717) is 24.7 Å². The Kier molecular flexibility index (Phi) is 4.09. The van der Waals surface area contributed by atoms with E-state index in [9.17, 15) is 4.79 Å². The average molecular weight is 298 g/mol. The Morgan fingerprint density at radius 3 is 2.73 bits per heavy atom. The third-order valence-electron chi connectivity index (χ3n) is 3.50. The molecule has 0 saturated heterocycles. The van der Waals surface area contributed by atoms with E-state index in [0.717, 1.165) is 11.3 Å². The fourth-order valence-electron chi connectivity index (χ4n) is 2.26. The second-order valence-corrected chi connectivity index (χ2v) is 5.29. The van der Waals surface area contributed by atoms with Crippen LogP contribution in [0.2, 0.25) is 0 Å². The average Bonchev–Trinajstić information content (AvgIpc) is 2.98. The van der Waals surface area contributed by atoms with Gasteiger partial charge in [-0.05, 0) is 42.8 Å². The molecule has 5 nitrogen and oxygen atoms in total. The first-order chi connectivity index (χ1) is 10.6. The highest BCUT2D eigenvalue weighted by atomic mass is 16.5. The molecule has 0 spiro atoms. The summed E-state index contributed by atoms with van der Waals surface area (Å²) in [6, 6.07) is 12.6. The monoisotopic (exact) mass is 298 g/mol. The molecule has 0 aromatic heterocycles. The fourth-order valence-corrected chi connectivity index (χ4v) is 2.26. The highest BCUT2D eigenvalue weighted by Gasteiger charge is 2.16. The summed E-state index contributed by atoms with van der Waals surface area (Å²) < 4.78 is 11.4. The topological polar surface area (TPSA) is 73.6 Å². The predicted molar refractivity (Wildman–Crippen MR) is 83.7 cm³/mol. The number of ether oxygens (including phenoxy) is 2. The number of amides is 1. The maximum absolute atomic E-state index is 11.5. The van der Waals surface area contributed by atoms with Gasteiger partial charge in [0.2, 0.25) is 5.91 Å². The molecule has 1 aliphatic heterocycles. The molecule has 3 N–H and O–H groups in total. The highest BCUT2D eigenvalue weighted by molar-refractivity contribution is 5.94. The van der Waals surface area contributed by atoms with E-state index in [2.05, 4.69) is 5.32 Å². The summed E-state index contributed by atoms with van der Waals surface area (Å²) in [6.07, 6.45) is 0. The number of fused-ring (bicyclic) bond motifs is 1. The molecule has 0 radical (unpaired) electrons. The second kappa shape index (κ2) is 6.17. The molecule has 1 aliphatic rings. The minimum atomic E-state index is -0.539. The molecule has 1 amide bonds. The first-order valence-corrected chi connectivity index (χ1v) is 7.16. The molecule has 0 aliphatic carbocycles. The van der Waals surface area contributed by atoms with Crippen LogP contribution in [0.15, 0.2) is 42.5 Å². The molecule has 0 saturated carbocycles. The van der Waals surface area contributed by atoms with E-state index in [1.54, 1.807) is 19.1 Å². The van der Waals surface area contributed by atoms with E-state index in [1.165, 1.54) is 5.56 Å². The van der Waals surface area contributed by atoms with Gasteiger partial charge in [0.15, 0.2) is 0 Å². The van der Waals surface area contributed by atoms with Crippen LogP contribution in [0.25, 0.3) is 0 Å². The number of benzene rings is 2. The van der Waals surface area contributed by atoms with Gasteiger partial charge in [-0.25, -0.2) is 0 Å². The van der Waals surface area contributed by atoms with E-state index in [-0.39, 0.29) is 5.91 Å². The quantitative estimate of drug-likeness (QED) is 0.910. The van der Waals surface area contributed by atoms with Gasteiger partial charge in [0.25, 0.3) is 0 Å². The molecule has 0 bridgehead atoms. The number of nitrogens with one attached hydrogen (secondary N) is 1. The molecule has 22 heavy (non-hydrogen) atoms. The zero-order valence-electron chi connectivity index (χ0n) is 12.3. The van der Waals surface area contributed by atoms with Gasteiger partial charge in [-0.3, -0.25) is 4.79 Å². The van der Waals surface area contributed by atoms with E-state index < -0.39 is 6.04 Å². The van der Waals surface area contributed by atoms with Gasteiger partial charge < -0.3 is 20.5 Å². The van der Waals surface area contributed by atoms with Crippen molar-refractivity contribution in [1.82, 2.24) is 0 Å². The number of rotatable bonds is 4. The lowest BCUT2D eigenvalue weighted by atomic mass is 10.1. The van der Waals surface area contributed by atoms with Crippen LogP contribution in [-0.2, 0) is 22.7 Å². The Morgan fingerprint density at radius 1 is 1.23 bits per heavy atom. The summed E-state index contributed by atoms with van der Waals surface area (Å²) in [6.45, 7) is 2.85. The van der Waals surface area contributed by atoms with Crippen molar-refractivity contribution in [3.05, 3.63) is 53.6 Å². The Labute approximate surface area is 129 Å². The zero-order chi connectivity index (χ0) is 15.5. The molecule has 5 heteroatoms. The molecule has 0 fully saturated rings. The molecular formula is C17H18N2O3. The maximum Gasteiger partial charge on any atom is 0.240 e. The number of hydrogen-bond acceptors (Lipinski definition) is 4. The van der Waals surface area contributed by atoms with Crippen LogP contribution in [0.4, 0.5) is 5.69 Å². The summed E-state index contributed by atoms with van der Waals surface area (Å²) in [5, 5.41) is 2.73. The number of nitrogens with two attached hydrogens (primary N) is 1. The van der Waals surface area contributed by atoms with E-state index in [1.807, 2.05) is 30.3 Å². The zero-order valence-corrected chi connectivity index (χ0v) is 12.3. The smallest absolute Gasteiger partial charge is 0.240 e. The third kappa shape index (κ3) is 3.10. The van der Waals surface area contributed by atoms with Crippen LogP contribution in [0.3, 0.4) is 0 Å². The van der Waals surface area contributed by atoms with Crippen LogP contribution in [0.5, 0.6) is 11.5 Å². The molecule has 1 heterocycles. The maximum atomic E-state index is 11.5. The molecular weight excluding hydrogens is 280 g/mol. The minimum Gasteiger partial charge on any atom is -0.457 e. The van der Waals surface area contributed by atoms with Crippen molar-refractivity contribution in [3.63, 3.8) is 0 Å². The van der Waals surface area contributed by atoms with Crippen LogP contribution < -0.4 is 15.8 Å².